The fraction of sp³-hybridized carbons (Fsp3) is 0.250. The summed E-state index contributed by atoms with van der Waals surface area (Å²) in [6.07, 6.45) is 6.78. The van der Waals surface area contributed by atoms with Gasteiger partial charge in [0.15, 0.2) is 5.82 Å². The fourth-order valence-electron chi connectivity index (χ4n) is 5.05. The molecule has 39 heavy (non-hydrogen) atoms. The molecule has 3 aromatic heterocycles. The lowest BCUT2D eigenvalue weighted by Gasteiger charge is -2.38. The van der Waals surface area contributed by atoms with Crippen LogP contribution >= 0.6 is 11.6 Å². The van der Waals surface area contributed by atoms with Crippen molar-refractivity contribution in [2.45, 2.75) is 32.9 Å². The molecule has 2 N–H and O–H groups in total. The van der Waals surface area contributed by atoms with Gasteiger partial charge in [-0.1, -0.05) is 17.7 Å². The van der Waals surface area contributed by atoms with Crippen molar-refractivity contribution >= 4 is 45.7 Å². The van der Waals surface area contributed by atoms with Gasteiger partial charge in [0.05, 0.1) is 23.1 Å². The number of nitrogens with zero attached hydrogens (tertiary/aromatic N) is 6. The van der Waals surface area contributed by atoms with Crippen molar-refractivity contribution in [3.05, 3.63) is 77.5 Å². The van der Waals surface area contributed by atoms with Gasteiger partial charge in [-0.3, -0.25) is 19.2 Å². The predicted octanol–water partition coefficient (Wildman–Crippen LogP) is 4.87. The standard InChI is InChI=1S/C28H27ClN8O2/c1-16-12-36(13-17(2)32-16)22-8-7-21(24-25(22)31-10-9-30-24)27(38)34-23-15-37-14-18(3)33-26(37)28(35-23)39-20-6-4-5-19(29)11-20/h4-11,14-17,32H,12-13H2,1-3H3,(H,34,38)/t16-,17+. The van der Waals surface area contributed by atoms with E-state index in [9.17, 15) is 4.79 Å². The van der Waals surface area contributed by atoms with E-state index in [1.807, 2.05) is 19.2 Å². The molecule has 2 aromatic carbocycles. The number of hydrogen-bond donors (Lipinski definition) is 2. The second-order valence-corrected chi connectivity index (χ2v) is 10.3. The normalized spacial score (nSPS) is 17.5. The zero-order valence-corrected chi connectivity index (χ0v) is 22.5. The fourth-order valence-corrected chi connectivity index (χ4v) is 5.23. The van der Waals surface area contributed by atoms with Crippen LogP contribution in [0.1, 0.15) is 29.9 Å². The Labute approximate surface area is 230 Å². The SMILES string of the molecule is Cc1cn2cc(NC(=O)c3ccc(N4C[C@@H](C)N[C@@H](C)C4)c4nccnc34)nc(Oc3cccc(Cl)c3)c2n1. The van der Waals surface area contributed by atoms with E-state index in [-0.39, 0.29) is 11.8 Å². The number of hydrogen-bond acceptors (Lipinski definition) is 8. The van der Waals surface area contributed by atoms with Crippen molar-refractivity contribution in [3.63, 3.8) is 0 Å². The van der Waals surface area contributed by atoms with E-state index in [4.69, 9.17) is 16.3 Å². The maximum Gasteiger partial charge on any atom is 0.265 e. The molecular formula is C28H27ClN8O2. The highest BCUT2D eigenvalue weighted by atomic mass is 35.5. The van der Waals surface area contributed by atoms with Crippen LogP contribution in [0, 0.1) is 6.92 Å². The summed E-state index contributed by atoms with van der Waals surface area (Å²) in [4.78, 5) is 34.1. The summed E-state index contributed by atoms with van der Waals surface area (Å²) in [6.45, 7) is 7.87. The van der Waals surface area contributed by atoms with Gasteiger partial charge < -0.3 is 20.3 Å². The van der Waals surface area contributed by atoms with Crippen LogP contribution < -0.4 is 20.3 Å². The molecule has 1 aliphatic rings. The van der Waals surface area contributed by atoms with Gasteiger partial charge in [-0.05, 0) is 51.1 Å². The topological polar surface area (TPSA) is 110 Å². The van der Waals surface area contributed by atoms with Crippen LogP contribution in [0.15, 0.2) is 61.2 Å². The van der Waals surface area contributed by atoms with Gasteiger partial charge in [0.1, 0.15) is 16.8 Å². The summed E-state index contributed by atoms with van der Waals surface area (Å²) in [5, 5.41) is 6.99. The van der Waals surface area contributed by atoms with E-state index in [1.165, 1.54) is 0 Å². The lowest BCUT2D eigenvalue weighted by Crippen LogP contribution is -2.54. The van der Waals surface area contributed by atoms with Crippen LogP contribution in [-0.2, 0) is 0 Å². The monoisotopic (exact) mass is 542 g/mol. The molecule has 6 rings (SSSR count). The highest BCUT2D eigenvalue weighted by molar-refractivity contribution is 6.30. The van der Waals surface area contributed by atoms with E-state index in [1.54, 1.807) is 53.3 Å². The lowest BCUT2D eigenvalue weighted by atomic mass is 10.1. The quantitative estimate of drug-likeness (QED) is 0.324. The second-order valence-electron chi connectivity index (χ2n) is 9.82. The minimum Gasteiger partial charge on any atom is -0.436 e. The first-order chi connectivity index (χ1) is 18.8. The Morgan fingerprint density at radius 3 is 2.59 bits per heavy atom. The Balaban J connectivity index is 1.34. The van der Waals surface area contributed by atoms with Crippen LogP contribution in [0.5, 0.6) is 11.6 Å². The van der Waals surface area contributed by atoms with Gasteiger partial charge in [-0.15, -0.1) is 0 Å². The first-order valence-electron chi connectivity index (χ1n) is 12.7. The number of imidazole rings is 1. The number of carbonyl (C=O) groups excluding carboxylic acids is 1. The van der Waals surface area contributed by atoms with Crippen molar-refractivity contribution < 1.29 is 9.53 Å². The van der Waals surface area contributed by atoms with Gasteiger partial charge in [0.25, 0.3) is 11.8 Å². The third-order valence-corrected chi connectivity index (χ3v) is 6.76. The van der Waals surface area contributed by atoms with Crippen molar-refractivity contribution in [3.8, 4) is 11.6 Å². The molecule has 0 radical (unpaired) electrons. The Hall–Kier alpha value is -4.28. The predicted molar refractivity (Wildman–Crippen MR) is 151 cm³/mol. The summed E-state index contributed by atoms with van der Waals surface area (Å²) in [5.74, 6) is 0.693. The van der Waals surface area contributed by atoms with Crippen LogP contribution in [0.2, 0.25) is 5.02 Å². The molecule has 11 heteroatoms. The number of amides is 1. The molecule has 0 unspecified atom stereocenters. The molecule has 10 nitrogen and oxygen atoms in total. The summed E-state index contributed by atoms with van der Waals surface area (Å²) in [6, 6.07) is 11.4. The molecule has 1 saturated heterocycles. The average molecular weight is 543 g/mol. The Morgan fingerprint density at radius 2 is 1.82 bits per heavy atom. The van der Waals surface area contributed by atoms with Gasteiger partial charge in [-0.2, -0.15) is 4.98 Å². The number of anilines is 2. The molecule has 4 heterocycles. The summed E-state index contributed by atoms with van der Waals surface area (Å²) in [5.41, 5.74) is 3.88. The molecular weight excluding hydrogens is 516 g/mol. The lowest BCUT2D eigenvalue weighted by molar-refractivity contribution is 0.102. The van der Waals surface area contributed by atoms with Gasteiger partial charge >= 0.3 is 0 Å². The number of nitrogens with one attached hydrogen (secondary N) is 2. The molecule has 198 valence electrons. The van der Waals surface area contributed by atoms with E-state index in [0.717, 1.165) is 24.5 Å². The van der Waals surface area contributed by atoms with E-state index in [2.05, 4.69) is 49.3 Å². The van der Waals surface area contributed by atoms with Gasteiger partial charge in [0.2, 0.25) is 5.65 Å². The number of benzene rings is 2. The number of fused-ring (bicyclic) bond motifs is 2. The third kappa shape index (κ3) is 5.08. The maximum absolute atomic E-state index is 13.5. The third-order valence-electron chi connectivity index (χ3n) is 6.53. The molecule has 1 fully saturated rings. The first-order valence-corrected chi connectivity index (χ1v) is 13.1. The second kappa shape index (κ2) is 10.1. The molecule has 1 aliphatic heterocycles. The Bertz CT molecular complexity index is 1690. The van der Waals surface area contributed by atoms with Crippen LogP contribution in [0.3, 0.4) is 0 Å². The minimum absolute atomic E-state index is 0.241. The Kier molecular flexibility index (Phi) is 6.49. The molecule has 0 saturated carbocycles. The zero-order valence-electron chi connectivity index (χ0n) is 21.7. The number of aromatic nitrogens is 5. The highest BCUT2D eigenvalue weighted by Gasteiger charge is 2.25. The largest absolute Gasteiger partial charge is 0.436 e. The molecule has 0 bridgehead atoms. The van der Waals surface area contributed by atoms with E-state index >= 15 is 0 Å². The van der Waals surface area contributed by atoms with Crippen LogP contribution in [0.4, 0.5) is 11.5 Å². The average Bonchev–Trinajstić information content (AvgIpc) is 3.28. The van der Waals surface area contributed by atoms with Gasteiger partial charge in [0, 0.05) is 48.8 Å². The summed E-state index contributed by atoms with van der Waals surface area (Å²) >= 11 is 6.13. The summed E-state index contributed by atoms with van der Waals surface area (Å²) < 4.78 is 7.79. The Morgan fingerprint density at radius 1 is 1.05 bits per heavy atom. The van der Waals surface area contributed by atoms with Crippen molar-refractivity contribution in [1.82, 2.24) is 29.7 Å². The van der Waals surface area contributed by atoms with Gasteiger partial charge in [-0.25, -0.2) is 4.98 Å². The molecule has 0 spiro atoms. The number of halogens is 1. The minimum atomic E-state index is -0.355. The van der Waals surface area contributed by atoms with Crippen LogP contribution in [0.25, 0.3) is 16.7 Å². The number of aryl methyl sites for hydroxylation is 1. The van der Waals surface area contributed by atoms with E-state index in [0.29, 0.717) is 50.9 Å². The number of ether oxygens (including phenoxy) is 1. The van der Waals surface area contributed by atoms with E-state index < -0.39 is 0 Å². The molecule has 2 atom stereocenters. The van der Waals surface area contributed by atoms with Crippen LogP contribution in [-0.4, -0.2) is 55.4 Å². The van der Waals surface area contributed by atoms with Crippen molar-refractivity contribution in [2.24, 2.45) is 0 Å². The zero-order chi connectivity index (χ0) is 27.1. The number of piperazine rings is 1. The maximum atomic E-state index is 13.5. The first kappa shape index (κ1) is 25.0. The molecule has 1 amide bonds. The smallest absolute Gasteiger partial charge is 0.265 e. The number of carbonyl (C=O) groups is 1. The molecule has 5 aromatic rings. The van der Waals surface area contributed by atoms with Crippen molar-refractivity contribution in [1.29, 1.82) is 0 Å². The highest BCUT2D eigenvalue weighted by Crippen LogP contribution is 2.30. The van der Waals surface area contributed by atoms with Crippen molar-refractivity contribution in [2.75, 3.05) is 23.3 Å². The summed E-state index contributed by atoms with van der Waals surface area (Å²) in [7, 11) is 0. The molecule has 0 aliphatic carbocycles. The number of rotatable bonds is 5.